The van der Waals surface area contributed by atoms with Crippen LogP contribution in [0, 0.1) is 5.82 Å². The van der Waals surface area contributed by atoms with Crippen molar-refractivity contribution in [3.63, 3.8) is 0 Å². The topological polar surface area (TPSA) is 30.0 Å². The Morgan fingerprint density at radius 2 is 1.79 bits per heavy atom. The third kappa shape index (κ3) is 3.40. The summed E-state index contributed by atoms with van der Waals surface area (Å²) in [5.41, 5.74) is 4.33. The van der Waals surface area contributed by atoms with Crippen LogP contribution in [-0.4, -0.2) is 11.3 Å². The van der Waals surface area contributed by atoms with Gasteiger partial charge >= 0.3 is 0 Å². The standard InChI is InChI=1S/C21H24FNO/c1-14(2)21-19(13-24)18(15-8-10-17(22)11-9-15)12-20(23-21)16-6-4-3-5-7-16/h8-14,16H,3-7H2,1-2H3. The summed E-state index contributed by atoms with van der Waals surface area (Å²) in [7, 11) is 0. The Hall–Kier alpha value is -2.03. The van der Waals surface area contributed by atoms with Crippen molar-refractivity contribution in [2.75, 3.05) is 0 Å². The van der Waals surface area contributed by atoms with E-state index >= 15 is 0 Å². The van der Waals surface area contributed by atoms with Gasteiger partial charge in [-0.15, -0.1) is 0 Å². The molecule has 1 saturated carbocycles. The molecule has 126 valence electrons. The predicted octanol–water partition coefficient (Wildman–Crippen LogP) is 5.87. The van der Waals surface area contributed by atoms with Crippen molar-refractivity contribution in [1.29, 1.82) is 0 Å². The molecule has 0 saturated heterocycles. The van der Waals surface area contributed by atoms with Crippen LogP contribution in [0.2, 0.25) is 0 Å². The van der Waals surface area contributed by atoms with Gasteiger partial charge < -0.3 is 0 Å². The van der Waals surface area contributed by atoms with Crippen LogP contribution in [0.15, 0.2) is 30.3 Å². The fourth-order valence-corrected chi connectivity index (χ4v) is 3.63. The van der Waals surface area contributed by atoms with Gasteiger partial charge in [0.2, 0.25) is 0 Å². The van der Waals surface area contributed by atoms with Crippen LogP contribution in [-0.2, 0) is 0 Å². The number of rotatable bonds is 4. The molecule has 2 aromatic rings. The molecule has 1 aromatic carbocycles. The highest BCUT2D eigenvalue weighted by Crippen LogP contribution is 2.36. The van der Waals surface area contributed by atoms with Gasteiger partial charge in [0.05, 0.1) is 5.69 Å². The van der Waals surface area contributed by atoms with Crippen LogP contribution >= 0.6 is 0 Å². The lowest BCUT2D eigenvalue weighted by Crippen LogP contribution is -2.11. The van der Waals surface area contributed by atoms with Gasteiger partial charge in [0.25, 0.3) is 0 Å². The minimum Gasteiger partial charge on any atom is -0.298 e. The second-order valence-electron chi connectivity index (χ2n) is 7.01. The number of nitrogens with zero attached hydrogens (tertiary/aromatic N) is 1. The number of carbonyl (C=O) groups excluding carboxylic acids is 1. The van der Waals surface area contributed by atoms with Gasteiger partial charge in [-0.1, -0.05) is 45.2 Å². The van der Waals surface area contributed by atoms with E-state index in [0.717, 1.165) is 41.6 Å². The fraction of sp³-hybridized carbons (Fsp3) is 0.429. The van der Waals surface area contributed by atoms with Crippen LogP contribution in [0.1, 0.15) is 79.5 Å². The molecule has 1 aliphatic rings. The Labute approximate surface area is 143 Å². The van der Waals surface area contributed by atoms with Crippen LogP contribution in [0.25, 0.3) is 11.1 Å². The monoisotopic (exact) mass is 325 g/mol. The molecule has 1 aromatic heterocycles. The first-order valence-corrected chi connectivity index (χ1v) is 8.86. The Morgan fingerprint density at radius 3 is 2.38 bits per heavy atom. The number of aldehydes is 1. The van der Waals surface area contributed by atoms with Crippen molar-refractivity contribution in [2.24, 2.45) is 0 Å². The highest BCUT2D eigenvalue weighted by molar-refractivity contribution is 5.89. The first-order valence-electron chi connectivity index (χ1n) is 8.86. The number of benzene rings is 1. The summed E-state index contributed by atoms with van der Waals surface area (Å²) >= 11 is 0. The molecule has 0 bridgehead atoms. The van der Waals surface area contributed by atoms with E-state index in [1.807, 2.05) is 0 Å². The normalized spacial score (nSPS) is 15.7. The SMILES string of the molecule is CC(C)c1nc(C2CCCCC2)cc(-c2ccc(F)cc2)c1C=O. The zero-order chi connectivity index (χ0) is 17.1. The number of aromatic nitrogens is 1. The van der Waals surface area contributed by atoms with E-state index in [4.69, 9.17) is 4.98 Å². The summed E-state index contributed by atoms with van der Waals surface area (Å²) in [6.45, 7) is 4.13. The minimum atomic E-state index is -0.267. The molecule has 2 nitrogen and oxygen atoms in total. The van der Waals surface area contributed by atoms with Crippen LogP contribution in [0.3, 0.4) is 0 Å². The summed E-state index contributed by atoms with van der Waals surface area (Å²) in [4.78, 5) is 16.6. The quantitative estimate of drug-likeness (QED) is 0.658. The molecule has 0 spiro atoms. The Kier molecular flexibility index (Phi) is 5.08. The second kappa shape index (κ2) is 7.25. The van der Waals surface area contributed by atoms with Crippen molar-refractivity contribution in [2.45, 2.75) is 57.8 Å². The molecule has 1 aliphatic carbocycles. The summed E-state index contributed by atoms with van der Waals surface area (Å²) in [6.07, 6.45) is 6.99. The van der Waals surface area contributed by atoms with E-state index in [1.165, 1.54) is 31.4 Å². The van der Waals surface area contributed by atoms with Crippen LogP contribution < -0.4 is 0 Å². The van der Waals surface area contributed by atoms with E-state index in [2.05, 4.69) is 19.9 Å². The maximum atomic E-state index is 13.3. The summed E-state index contributed by atoms with van der Waals surface area (Å²) in [5, 5.41) is 0. The molecule has 1 fully saturated rings. The number of hydrogen-bond acceptors (Lipinski definition) is 2. The number of hydrogen-bond donors (Lipinski definition) is 0. The van der Waals surface area contributed by atoms with Crippen molar-refractivity contribution in [3.8, 4) is 11.1 Å². The maximum Gasteiger partial charge on any atom is 0.152 e. The van der Waals surface area contributed by atoms with Crippen molar-refractivity contribution < 1.29 is 9.18 Å². The van der Waals surface area contributed by atoms with Gasteiger partial charge in [0.15, 0.2) is 6.29 Å². The summed E-state index contributed by atoms with van der Waals surface area (Å²) < 4.78 is 13.3. The first-order chi connectivity index (χ1) is 11.6. The third-order valence-electron chi connectivity index (χ3n) is 4.95. The molecule has 0 unspecified atom stereocenters. The fourth-order valence-electron chi connectivity index (χ4n) is 3.63. The lowest BCUT2D eigenvalue weighted by atomic mass is 9.84. The molecular weight excluding hydrogens is 301 g/mol. The third-order valence-corrected chi connectivity index (χ3v) is 4.95. The zero-order valence-corrected chi connectivity index (χ0v) is 14.4. The highest BCUT2D eigenvalue weighted by atomic mass is 19.1. The lowest BCUT2D eigenvalue weighted by Gasteiger charge is -2.24. The van der Waals surface area contributed by atoms with Gasteiger partial charge in [0.1, 0.15) is 5.82 Å². The zero-order valence-electron chi connectivity index (χ0n) is 14.4. The molecular formula is C21H24FNO. The predicted molar refractivity (Wildman–Crippen MR) is 94.9 cm³/mol. The molecule has 3 heteroatoms. The first kappa shape index (κ1) is 16.8. The molecule has 1 heterocycles. The molecule has 0 aliphatic heterocycles. The average molecular weight is 325 g/mol. The Balaban J connectivity index is 2.15. The van der Waals surface area contributed by atoms with Gasteiger partial charge in [-0.25, -0.2) is 4.39 Å². The number of halogens is 1. The van der Waals surface area contributed by atoms with Crippen molar-refractivity contribution >= 4 is 6.29 Å². The minimum absolute atomic E-state index is 0.174. The van der Waals surface area contributed by atoms with E-state index in [9.17, 15) is 9.18 Å². The summed E-state index contributed by atoms with van der Waals surface area (Å²) in [6, 6.07) is 8.43. The summed E-state index contributed by atoms with van der Waals surface area (Å²) in [5.74, 6) is 0.376. The van der Waals surface area contributed by atoms with Crippen LogP contribution in [0.4, 0.5) is 4.39 Å². The van der Waals surface area contributed by atoms with E-state index < -0.39 is 0 Å². The van der Waals surface area contributed by atoms with Gasteiger partial charge in [-0.2, -0.15) is 0 Å². The Bertz CT molecular complexity index is 715. The average Bonchev–Trinajstić information content (AvgIpc) is 2.62. The lowest BCUT2D eigenvalue weighted by molar-refractivity contribution is 0.112. The van der Waals surface area contributed by atoms with Gasteiger partial charge in [0, 0.05) is 17.2 Å². The second-order valence-corrected chi connectivity index (χ2v) is 7.01. The largest absolute Gasteiger partial charge is 0.298 e. The molecule has 0 radical (unpaired) electrons. The van der Waals surface area contributed by atoms with E-state index in [0.29, 0.717) is 11.5 Å². The Morgan fingerprint density at radius 1 is 1.12 bits per heavy atom. The van der Waals surface area contributed by atoms with Gasteiger partial charge in [-0.3, -0.25) is 9.78 Å². The molecule has 0 N–H and O–H groups in total. The van der Waals surface area contributed by atoms with E-state index in [-0.39, 0.29) is 11.7 Å². The number of carbonyl (C=O) groups is 1. The molecule has 24 heavy (non-hydrogen) atoms. The smallest absolute Gasteiger partial charge is 0.152 e. The maximum absolute atomic E-state index is 13.3. The molecule has 0 atom stereocenters. The van der Waals surface area contributed by atoms with E-state index in [1.54, 1.807) is 12.1 Å². The molecule has 0 amide bonds. The van der Waals surface area contributed by atoms with Crippen molar-refractivity contribution in [1.82, 2.24) is 4.98 Å². The number of pyridine rings is 1. The highest BCUT2D eigenvalue weighted by Gasteiger charge is 2.22. The van der Waals surface area contributed by atoms with Gasteiger partial charge in [-0.05, 0) is 48.1 Å². The van der Waals surface area contributed by atoms with Crippen molar-refractivity contribution in [3.05, 3.63) is 53.1 Å². The van der Waals surface area contributed by atoms with Crippen LogP contribution in [0.5, 0.6) is 0 Å². The molecule has 3 rings (SSSR count).